The summed E-state index contributed by atoms with van der Waals surface area (Å²) in [6.45, 7) is 0.408. The first-order valence-electron chi connectivity index (χ1n) is 7.95. The summed E-state index contributed by atoms with van der Waals surface area (Å²) in [5.41, 5.74) is 2.05. The summed E-state index contributed by atoms with van der Waals surface area (Å²) in [6, 6.07) is 10.2. The fourth-order valence-electron chi connectivity index (χ4n) is 2.86. The molecule has 3 rings (SSSR count). The summed E-state index contributed by atoms with van der Waals surface area (Å²) >= 11 is 0. The summed E-state index contributed by atoms with van der Waals surface area (Å²) in [6.07, 6.45) is 7.69. The Morgan fingerprint density at radius 1 is 1.18 bits per heavy atom. The van der Waals surface area contributed by atoms with Crippen molar-refractivity contribution in [1.82, 2.24) is 20.6 Å². The van der Waals surface area contributed by atoms with Gasteiger partial charge in [-0.3, -0.25) is 0 Å². The molecule has 3 N–H and O–H groups in total. The van der Waals surface area contributed by atoms with E-state index in [-0.39, 0.29) is 6.03 Å². The van der Waals surface area contributed by atoms with Crippen LogP contribution in [0.15, 0.2) is 36.5 Å². The van der Waals surface area contributed by atoms with Crippen LogP contribution in [0.2, 0.25) is 0 Å². The number of hydrogen-bond acceptors (Lipinski definition) is 2. The number of rotatable bonds is 4. The van der Waals surface area contributed by atoms with Crippen molar-refractivity contribution in [2.24, 2.45) is 0 Å². The number of carbonyl (C=O) groups excluding carboxylic acids is 1. The first kappa shape index (κ1) is 14.6. The zero-order valence-electron chi connectivity index (χ0n) is 12.6. The second-order valence-corrected chi connectivity index (χ2v) is 5.77. The van der Waals surface area contributed by atoms with E-state index >= 15 is 0 Å². The van der Waals surface area contributed by atoms with Crippen molar-refractivity contribution >= 4 is 6.03 Å². The van der Waals surface area contributed by atoms with Gasteiger partial charge in [0, 0.05) is 6.04 Å². The second-order valence-electron chi connectivity index (χ2n) is 5.77. The van der Waals surface area contributed by atoms with Gasteiger partial charge in [0.1, 0.15) is 5.82 Å². The number of benzene rings is 1. The summed E-state index contributed by atoms with van der Waals surface area (Å²) in [5.74, 6) is 0.762. The Kier molecular flexibility index (Phi) is 4.73. The fourth-order valence-corrected chi connectivity index (χ4v) is 2.86. The molecule has 1 heterocycles. The molecule has 1 aliphatic rings. The van der Waals surface area contributed by atoms with Crippen LogP contribution >= 0.6 is 0 Å². The zero-order chi connectivity index (χ0) is 15.2. The van der Waals surface area contributed by atoms with E-state index in [0.29, 0.717) is 12.6 Å². The van der Waals surface area contributed by atoms with Gasteiger partial charge in [-0.1, -0.05) is 49.6 Å². The molecule has 0 aliphatic heterocycles. The van der Waals surface area contributed by atoms with E-state index in [2.05, 4.69) is 20.6 Å². The lowest BCUT2D eigenvalue weighted by atomic mass is 9.96. The number of carbonyl (C=O) groups is 1. The van der Waals surface area contributed by atoms with Crippen molar-refractivity contribution in [3.05, 3.63) is 42.4 Å². The number of nitrogens with zero attached hydrogens (tertiary/aromatic N) is 1. The molecule has 22 heavy (non-hydrogen) atoms. The Hall–Kier alpha value is -2.30. The maximum Gasteiger partial charge on any atom is 0.315 e. The van der Waals surface area contributed by atoms with Crippen molar-refractivity contribution in [2.45, 2.75) is 44.7 Å². The third-order valence-corrected chi connectivity index (χ3v) is 4.07. The lowest BCUT2D eigenvalue weighted by molar-refractivity contribution is 0.232. The van der Waals surface area contributed by atoms with Gasteiger partial charge in [-0.2, -0.15) is 0 Å². The van der Waals surface area contributed by atoms with Crippen LogP contribution in [0.25, 0.3) is 11.3 Å². The number of hydrogen-bond donors (Lipinski definition) is 3. The standard InChI is InChI=1S/C17H22N4O/c22-17(20-14-9-5-2-6-10-14)19-12-16-18-11-15(21-16)13-7-3-1-4-8-13/h1,3-4,7-8,11,14H,2,5-6,9-10,12H2,(H,18,21)(H2,19,20,22). The first-order valence-corrected chi connectivity index (χ1v) is 7.95. The average Bonchev–Trinajstić information content (AvgIpc) is 3.04. The van der Waals surface area contributed by atoms with E-state index in [0.717, 1.165) is 29.9 Å². The molecular weight excluding hydrogens is 276 g/mol. The molecule has 116 valence electrons. The van der Waals surface area contributed by atoms with Gasteiger partial charge in [0.05, 0.1) is 18.4 Å². The SMILES string of the molecule is O=C(NCc1ncc(-c2ccccc2)[nH]1)NC1CCCCC1. The molecule has 0 unspecified atom stereocenters. The molecular formula is C17H22N4O. The zero-order valence-corrected chi connectivity index (χ0v) is 12.6. The van der Waals surface area contributed by atoms with Gasteiger partial charge in [-0.25, -0.2) is 9.78 Å². The van der Waals surface area contributed by atoms with Gasteiger partial charge < -0.3 is 15.6 Å². The molecule has 1 fully saturated rings. The monoisotopic (exact) mass is 298 g/mol. The van der Waals surface area contributed by atoms with Crippen molar-refractivity contribution in [2.75, 3.05) is 0 Å². The smallest absolute Gasteiger partial charge is 0.315 e. The summed E-state index contributed by atoms with van der Waals surface area (Å²) in [4.78, 5) is 19.4. The molecule has 0 atom stereocenters. The van der Waals surface area contributed by atoms with Crippen LogP contribution in [0.1, 0.15) is 37.9 Å². The van der Waals surface area contributed by atoms with Crippen molar-refractivity contribution in [3.8, 4) is 11.3 Å². The minimum Gasteiger partial charge on any atom is -0.341 e. The van der Waals surface area contributed by atoms with Crippen LogP contribution in [0, 0.1) is 0 Å². The molecule has 1 saturated carbocycles. The van der Waals surface area contributed by atoms with Crippen LogP contribution < -0.4 is 10.6 Å². The topological polar surface area (TPSA) is 69.8 Å². The Bertz CT molecular complexity index is 602. The molecule has 0 bridgehead atoms. The normalized spacial score (nSPS) is 15.5. The highest BCUT2D eigenvalue weighted by molar-refractivity contribution is 5.74. The minimum absolute atomic E-state index is 0.107. The van der Waals surface area contributed by atoms with E-state index in [4.69, 9.17) is 0 Å². The third-order valence-electron chi connectivity index (χ3n) is 4.07. The molecule has 1 aliphatic carbocycles. The second kappa shape index (κ2) is 7.11. The molecule has 1 aromatic heterocycles. The van der Waals surface area contributed by atoms with Crippen molar-refractivity contribution < 1.29 is 4.79 Å². The first-order chi connectivity index (χ1) is 10.8. The summed E-state index contributed by atoms with van der Waals surface area (Å²) < 4.78 is 0. The highest BCUT2D eigenvalue weighted by Gasteiger charge is 2.15. The maximum absolute atomic E-state index is 11.9. The Labute approximate surface area is 130 Å². The highest BCUT2D eigenvalue weighted by Crippen LogP contribution is 2.17. The van der Waals surface area contributed by atoms with E-state index in [1.54, 1.807) is 6.20 Å². The number of H-pyrrole nitrogens is 1. The minimum atomic E-state index is -0.107. The van der Waals surface area contributed by atoms with Gasteiger partial charge in [0.2, 0.25) is 0 Å². The van der Waals surface area contributed by atoms with Gasteiger partial charge in [0.15, 0.2) is 0 Å². The lowest BCUT2D eigenvalue weighted by Gasteiger charge is -2.22. The predicted molar refractivity (Wildman–Crippen MR) is 86.3 cm³/mol. The molecule has 0 radical (unpaired) electrons. The molecule has 0 spiro atoms. The quantitative estimate of drug-likeness (QED) is 0.811. The van der Waals surface area contributed by atoms with Gasteiger partial charge in [0.25, 0.3) is 0 Å². The number of aromatic amines is 1. The average molecular weight is 298 g/mol. The molecule has 5 nitrogen and oxygen atoms in total. The lowest BCUT2D eigenvalue weighted by Crippen LogP contribution is -2.42. The van der Waals surface area contributed by atoms with E-state index in [9.17, 15) is 4.79 Å². The number of amides is 2. The number of imidazole rings is 1. The fraction of sp³-hybridized carbons (Fsp3) is 0.412. The van der Waals surface area contributed by atoms with Crippen LogP contribution in [-0.4, -0.2) is 22.0 Å². The van der Waals surface area contributed by atoms with Gasteiger partial charge in [-0.15, -0.1) is 0 Å². The van der Waals surface area contributed by atoms with E-state index in [1.807, 2.05) is 30.3 Å². The van der Waals surface area contributed by atoms with Gasteiger partial charge >= 0.3 is 6.03 Å². The summed E-state index contributed by atoms with van der Waals surface area (Å²) in [7, 11) is 0. The largest absolute Gasteiger partial charge is 0.341 e. The Morgan fingerprint density at radius 3 is 2.73 bits per heavy atom. The van der Waals surface area contributed by atoms with Crippen molar-refractivity contribution in [3.63, 3.8) is 0 Å². The van der Waals surface area contributed by atoms with Crippen LogP contribution in [0.4, 0.5) is 4.79 Å². The molecule has 0 saturated heterocycles. The maximum atomic E-state index is 11.9. The summed E-state index contributed by atoms with van der Waals surface area (Å²) in [5, 5.41) is 5.90. The Morgan fingerprint density at radius 2 is 1.95 bits per heavy atom. The van der Waals surface area contributed by atoms with Gasteiger partial charge in [-0.05, 0) is 18.4 Å². The molecule has 5 heteroatoms. The molecule has 2 aromatic rings. The number of urea groups is 1. The number of aromatic nitrogens is 2. The van der Waals surface area contributed by atoms with Crippen molar-refractivity contribution in [1.29, 1.82) is 0 Å². The number of nitrogens with one attached hydrogen (secondary N) is 3. The van der Waals surface area contributed by atoms with E-state index < -0.39 is 0 Å². The van der Waals surface area contributed by atoms with Crippen LogP contribution in [-0.2, 0) is 6.54 Å². The molecule has 1 aromatic carbocycles. The molecule has 2 amide bonds. The van der Waals surface area contributed by atoms with E-state index in [1.165, 1.54) is 19.3 Å². The van der Waals surface area contributed by atoms with Crippen LogP contribution in [0.5, 0.6) is 0 Å². The highest BCUT2D eigenvalue weighted by atomic mass is 16.2. The van der Waals surface area contributed by atoms with Crippen LogP contribution in [0.3, 0.4) is 0 Å². The predicted octanol–water partition coefficient (Wildman–Crippen LogP) is 3.21. The Balaban J connectivity index is 1.49. The third kappa shape index (κ3) is 3.87.